The molecule has 134 valence electrons. The van der Waals surface area contributed by atoms with Gasteiger partial charge in [-0.15, -0.1) is 5.10 Å². The molecule has 1 aromatic carbocycles. The summed E-state index contributed by atoms with van der Waals surface area (Å²) in [6, 6.07) is 8.40. The highest BCUT2D eigenvalue weighted by atomic mass is 16.4. The lowest BCUT2D eigenvalue weighted by molar-refractivity contribution is -0.140. The topological polar surface area (TPSA) is 110 Å². The fourth-order valence-corrected chi connectivity index (χ4v) is 2.70. The Balaban J connectivity index is 1.91. The first-order valence-corrected chi connectivity index (χ1v) is 8.19. The van der Waals surface area contributed by atoms with E-state index in [0.717, 1.165) is 16.6 Å². The average Bonchev–Trinajstić information content (AvgIpc) is 3.00. The Bertz CT molecular complexity index is 980. The standard InChI is InChI=1S/C18H19N5O3/c1-10(2)15(18(25)26)20-17(24)16-11(3)23(22-21-16)13-6-7-14-12(9-13)5-4-8-19-14/h4-10,15H,1-3H3,(H,20,24)(H,25,26)/t15-/m1/s1. The van der Waals surface area contributed by atoms with E-state index >= 15 is 0 Å². The van der Waals surface area contributed by atoms with Crippen LogP contribution in [0.5, 0.6) is 0 Å². The van der Waals surface area contributed by atoms with Crippen LogP contribution in [-0.4, -0.2) is 43.0 Å². The number of hydrogen-bond acceptors (Lipinski definition) is 5. The minimum Gasteiger partial charge on any atom is -0.480 e. The van der Waals surface area contributed by atoms with Gasteiger partial charge in [-0.3, -0.25) is 9.78 Å². The third-order valence-electron chi connectivity index (χ3n) is 4.16. The predicted octanol–water partition coefficient (Wildman–Crippen LogP) is 1.96. The van der Waals surface area contributed by atoms with Gasteiger partial charge in [0.2, 0.25) is 0 Å². The number of nitrogens with zero attached hydrogens (tertiary/aromatic N) is 4. The molecule has 0 aliphatic rings. The van der Waals surface area contributed by atoms with E-state index in [2.05, 4.69) is 20.6 Å². The number of benzene rings is 1. The van der Waals surface area contributed by atoms with Crippen molar-refractivity contribution in [3.63, 3.8) is 0 Å². The summed E-state index contributed by atoms with van der Waals surface area (Å²) < 4.78 is 1.55. The van der Waals surface area contributed by atoms with Crippen molar-refractivity contribution in [1.82, 2.24) is 25.3 Å². The van der Waals surface area contributed by atoms with E-state index in [0.29, 0.717) is 5.69 Å². The molecule has 0 aliphatic carbocycles. The highest BCUT2D eigenvalue weighted by Gasteiger charge is 2.26. The third kappa shape index (κ3) is 3.26. The highest BCUT2D eigenvalue weighted by molar-refractivity contribution is 5.96. The van der Waals surface area contributed by atoms with Crippen molar-refractivity contribution in [3.8, 4) is 5.69 Å². The van der Waals surface area contributed by atoms with Crippen LogP contribution < -0.4 is 5.32 Å². The Morgan fingerprint density at radius 1 is 1.23 bits per heavy atom. The number of carbonyl (C=O) groups is 2. The monoisotopic (exact) mass is 353 g/mol. The molecule has 2 N–H and O–H groups in total. The van der Waals surface area contributed by atoms with Crippen LogP contribution in [0.2, 0.25) is 0 Å². The molecule has 3 aromatic rings. The van der Waals surface area contributed by atoms with Gasteiger partial charge in [-0.05, 0) is 37.1 Å². The van der Waals surface area contributed by atoms with Crippen molar-refractivity contribution in [1.29, 1.82) is 0 Å². The van der Waals surface area contributed by atoms with Crippen molar-refractivity contribution < 1.29 is 14.7 Å². The van der Waals surface area contributed by atoms with Crippen LogP contribution in [0.15, 0.2) is 36.5 Å². The highest BCUT2D eigenvalue weighted by Crippen LogP contribution is 2.18. The number of fused-ring (bicyclic) bond motifs is 1. The minimum absolute atomic E-state index is 0.100. The number of carbonyl (C=O) groups excluding carboxylic acids is 1. The summed E-state index contributed by atoms with van der Waals surface area (Å²) in [7, 11) is 0. The van der Waals surface area contributed by atoms with Crippen LogP contribution >= 0.6 is 0 Å². The predicted molar refractivity (Wildman–Crippen MR) is 95.1 cm³/mol. The fraction of sp³-hybridized carbons (Fsp3) is 0.278. The first-order valence-electron chi connectivity index (χ1n) is 8.19. The molecule has 8 nitrogen and oxygen atoms in total. The quantitative estimate of drug-likeness (QED) is 0.725. The zero-order valence-electron chi connectivity index (χ0n) is 14.7. The lowest BCUT2D eigenvalue weighted by Gasteiger charge is -2.17. The second kappa shape index (κ2) is 6.91. The molecule has 0 unspecified atom stereocenters. The van der Waals surface area contributed by atoms with E-state index in [9.17, 15) is 14.7 Å². The molecular weight excluding hydrogens is 334 g/mol. The van der Waals surface area contributed by atoms with Gasteiger partial charge in [-0.1, -0.05) is 25.1 Å². The molecule has 8 heteroatoms. The molecule has 2 heterocycles. The second-order valence-corrected chi connectivity index (χ2v) is 6.35. The average molecular weight is 353 g/mol. The third-order valence-corrected chi connectivity index (χ3v) is 4.16. The Kier molecular flexibility index (Phi) is 4.66. The number of nitrogens with one attached hydrogen (secondary N) is 1. The van der Waals surface area contributed by atoms with Crippen LogP contribution in [0.4, 0.5) is 0 Å². The van der Waals surface area contributed by atoms with E-state index in [1.165, 1.54) is 0 Å². The maximum atomic E-state index is 12.4. The van der Waals surface area contributed by atoms with Crippen LogP contribution in [0.1, 0.15) is 30.0 Å². The van der Waals surface area contributed by atoms with Gasteiger partial charge < -0.3 is 10.4 Å². The van der Waals surface area contributed by atoms with Crippen molar-refractivity contribution in [3.05, 3.63) is 47.9 Å². The van der Waals surface area contributed by atoms with Gasteiger partial charge in [0.1, 0.15) is 6.04 Å². The van der Waals surface area contributed by atoms with E-state index in [1.54, 1.807) is 31.6 Å². The fourth-order valence-electron chi connectivity index (χ4n) is 2.70. The number of rotatable bonds is 5. The van der Waals surface area contributed by atoms with E-state index in [-0.39, 0.29) is 11.6 Å². The first kappa shape index (κ1) is 17.5. The summed E-state index contributed by atoms with van der Waals surface area (Å²) >= 11 is 0. The van der Waals surface area contributed by atoms with Crippen LogP contribution in [0.3, 0.4) is 0 Å². The Labute approximate surface area is 149 Å². The molecule has 1 atom stereocenters. The normalized spacial score (nSPS) is 12.3. The maximum absolute atomic E-state index is 12.4. The Morgan fingerprint density at radius 3 is 2.69 bits per heavy atom. The van der Waals surface area contributed by atoms with E-state index in [4.69, 9.17) is 0 Å². The first-order chi connectivity index (χ1) is 12.4. The van der Waals surface area contributed by atoms with Gasteiger partial charge in [0.15, 0.2) is 5.69 Å². The zero-order chi connectivity index (χ0) is 18.8. The number of hydrogen-bond donors (Lipinski definition) is 2. The SMILES string of the molecule is Cc1c(C(=O)N[C@@H](C(=O)O)C(C)C)nnn1-c1ccc2ncccc2c1. The largest absolute Gasteiger partial charge is 0.480 e. The lowest BCUT2D eigenvalue weighted by atomic mass is 10.0. The van der Waals surface area contributed by atoms with Gasteiger partial charge in [0.25, 0.3) is 5.91 Å². The summed E-state index contributed by atoms with van der Waals surface area (Å²) in [5, 5.41) is 20.7. The smallest absolute Gasteiger partial charge is 0.326 e. The summed E-state index contributed by atoms with van der Waals surface area (Å²) in [6.45, 7) is 5.17. The summed E-state index contributed by atoms with van der Waals surface area (Å²) in [6.07, 6.45) is 1.72. The second-order valence-electron chi connectivity index (χ2n) is 6.35. The Morgan fingerprint density at radius 2 is 2.00 bits per heavy atom. The van der Waals surface area contributed by atoms with Crippen LogP contribution in [-0.2, 0) is 4.79 Å². The number of carboxylic acids is 1. The molecule has 3 rings (SSSR count). The zero-order valence-corrected chi connectivity index (χ0v) is 14.7. The molecule has 0 aliphatic heterocycles. The molecule has 0 saturated carbocycles. The minimum atomic E-state index is -1.08. The van der Waals surface area contributed by atoms with Crippen molar-refractivity contribution in [2.45, 2.75) is 26.8 Å². The van der Waals surface area contributed by atoms with Crippen molar-refractivity contribution in [2.24, 2.45) is 5.92 Å². The van der Waals surface area contributed by atoms with E-state index < -0.39 is 17.9 Å². The summed E-state index contributed by atoms with van der Waals surface area (Å²) in [5.74, 6) is -1.89. The summed E-state index contributed by atoms with van der Waals surface area (Å²) in [4.78, 5) is 28.0. The molecule has 0 saturated heterocycles. The number of carboxylic acid groups (broad SMARTS) is 1. The molecule has 2 aromatic heterocycles. The molecule has 26 heavy (non-hydrogen) atoms. The molecule has 0 radical (unpaired) electrons. The number of pyridine rings is 1. The van der Waals surface area contributed by atoms with Gasteiger partial charge in [0.05, 0.1) is 16.9 Å². The van der Waals surface area contributed by atoms with Crippen LogP contribution in [0, 0.1) is 12.8 Å². The molecule has 1 amide bonds. The van der Waals surface area contributed by atoms with Gasteiger partial charge >= 0.3 is 5.97 Å². The Hall–Kier alpha value is -3.29. The number of aliphatic carboxylic acids is 1. The number of aromatic nitrogens is 4. The van der Waals surface area contributed by atoms with Crippen LogP contribution in [0.25, 0.3) is 16.6 Å². The molecular formula is C18H19N5O3. The molecule has 0 spiro atoms. The van der Waals surface area contributed by atoms with E-state index in [1.807, 2.05) is 30.3 Å². The lowest BCUT2D eigenvalue weighted by Crippen LogP contribution is -2.44. The van der Waals surface area contributed by atoms with Crippen molar-refractivity contribution in [2.75, 3.05) is 0 Å². The molecule has 0 fully saturated rings. The summed E-state index contributed by atoms with van der Waals surface area (Å²) in [5.41, 5.74) is 2.23. The van der Waals surface area contributed by atoms with Gasteiger partial charge in [-0.2, -0.15) is 0 Å². The van der Waals surface area contributed by atoms with Crippen molar-refractivity contribution >= 4 is 22.8 Å². The number of amides is 1. The molecule has 0 bridgehead atoms. The van der Waals surface area contributed by atoms with Gasteiger partial charge in [0, 0.05) is 11.6 Å². The maximum Gasteiger partial charge on any atom is 0.326 e. The van der Waals surface area contributed by atoms with Gasteiger partial charge in [-0.25, -0.2) is 9.48 Å².